The van der Waals surface area contributed by atoms with Crippen molar-refractivity contribution < 1.29 is 4.39 Å². The van der Waals surface area contributed by atoms with E-state index in [1.54, 1.807) is 12.1 Å². The number of nitrogens with zero attached hydrogens (tertiary/aromatic N) is 2. The van der Waals surface area contributed by atoms with Crippen LogP contribution in [0.25, 0.3) is 0 Å². The summed E-state index contributed by atoms with van der Waals surface area (Å²) in [6.07, 6.45) is 0. The molecule has 0 saturated heterocycles. The Morgan fingerprint density at radius 1 is 1.30 bits per heavy atom. The summed E-state index contributed by atoms with van der Waals surface area (Å²) < 4.78 is 13.6. The van der Waals surface area contributed by atoms with E-state index in [9.17, 15) is 4.39 Å². The predicted octanol–water partition coefficient (Wildman–Crippen LogP) is 5.21. The average molecular weight is 359 g/mol. The number of halogens is 3. The van der Waals surface area contributed by atoms with Gasteiger partial charge in [0.2, 0.25) is 0 Å². The predicted molar refractivity (Wildman–Crippen MR) is 83.3 cm³/mol. The van der Waals surface area contributed by atoms with Crippen molar-refractivity contribution in [3.63, 3.8) is 0 Å². The molecule has 0 bridgehead atoms. The van der Waals surface area contributed by atoms with E-state index in [0.717, 1.165) is 11.3 Å². The van der Waals surface area contributed by atoms with Gasteiger partial charge in [-0.25, -0.2) is 14.4 Å². The molecule has 20 heavy (non-hydrogen) atoms. The van der Waals surface area contributed by atoms with Crippen LogP contribution in [0.5, 0.6) is 0 Å². The Bertz CT molecular complexity index is 647. The monoisotopic (exact) mass is 357 g/mol. The van der Waals surface area contributed by atoms with Gasteiger partial charge in [0.1, 0.15) is 22.6 Å². The van der Waals surface area contributed by atoms with E-state index < -0.39 is 0 Å². The molecule has 106 valence electrons. The third kappa shape index (κ3) is 3.27. The first-order valence-electron chi connectivity index (χ1n) is 6.14. The molecule has 1 aromatic carbocycles. The van der Waals surface area contributed by atoms with E-state index in [0.29, 0.717) is 21.3 Å². The SMILES string of the molecule is Cc1c(Cl)nc(C(C)C)nc1Nc1ccc(F)c(Br)c1. The van der Waals surface area contributed by atoms with Gasteiger partial charge in [-0.3, -0.25) is 0 Å². The number of aromatic nitrogens is 2. The van der Waals surface area contributed by atoms with Gasteiger partial charge in [-0.2, -0.15) is 0 Å². The van der Waals surface area contributed by atoms with Crippen molar-refractivity contribution in [2.45, 2.75) is 26.7 Å². The molecule has 0 spiro atoms. The molecule has 6 heteroatoms. The number of nitrogens with one attached hydrogen (secondary N) is 1. The third-order valence-corrected chi connectivity index (χ3v) is 3.78. The Morgan fingerprint density at radius 3 is 2.60 bits per heavy atom. The summed E-state index contributed by atoms with van der Waals surface area (Å²) in [4.78, 5) is 8.72. The minimum atomic E-state index is -0.309. The highest BCUT2D eigenvalue weighted by molar-refractivity contribution is 9.10. The highest BCUT2D eigenvalue weighted by atomic mass is 79.9. The Kier molecular flexibility index (Phi) is 4.60. The molecule has 0 aliphatic carbocycles. The maximum atomic E-state index is 13.2. The molecule has 2 rings (SSSR count). The molecule has 2 aromatic rings. The Labute approximate surface area is 130 Å². The van der Waals surface area contributed by atoms with Gasteiger partial charge in [-0.05, 0) is 41.1 Å². The number of hydrogen-bond donors (Lipinski definition) is 1. The van der Waals surface area contributed by atoms with Gasteiger partial charge in [-0.1, -0.05) is 25.4 Å². The molecule has 0 amide bonds. The fourth-order valence-electron chi connectivity index (χ4n) is 1.60. The largest absolute Gasteiger partial charge is 0.340 e. The highest BCUT2D eigenvalue weighted by Gasteiger charge is 2.12. The Hall–Kier alpha value is -1.20. The van der Waals surface area contributed by atoms with Crippen molar-refractivity contribution in [2.75, 3.05) is 5.32 Å². The lowest BCUT2D eigenvalue weighted by Gasteiger charge is -2.13. The molecule has 1 N–H and O–H groups in total. The van der Waals surface area contributed by atoms with Crippen LogP contribution in [-0.4, -0.2) is 9.97 Å². The molecule has 0 saturated carbocycles. The van der Waals surface area contributed by atoms with E-state index in [-0.39, 0.29) is 11.7 Å². The van der Waals surface area contributed by atoms with Gasteiger partial charge in [-0.15, -0.1) is 0 Å². The molecular formula is C14H14BrClFN3. The second kappa shape index (κ2) is 6.06. The smallest absolute Gasteiger partial charge is 0.138 e. The van der Waals surface area contributed by atoms with E-state index in [4.69, 9.17) is 11.6 Å². The van der Waals surface area contributed by atoms with E-state index >= 15 is 0 Å². The minimum absolute atomic E-state index is 0.175. The van der Waals surface area contributed by atoms with E-state index in [1.807, 2.05) is 20.8 Å². The molecule has 1 heterocycles. The maximum absolute atomic E-state index is 13.2. The van der Waals surface area contributed by atoms with Gasteiger partial charge in [0.05, 0.1) is 4.47 Å². The molecule has 0 aliphatic rings. The molecule has 0 atom stereocenters. The fourth-order valence-corrected chi connectivity index (χ4v) is 2.15. The van der Waals surface area contributed by atoms with Crippen LogP contribution in [0.4, 0.5) is 15.9 Å². The second-order valence-corrected chi connectivity index (χ2v) is 5.97. The molecule has 0 aliphatic heterocycles. The van der Waals surface area contributed by atoms with Crippen LogP contribution in [0.2, 0.25) is 5.15 Å². The summed E-state index contributed by atoms with van der Waals surface area (Å²) in [5.74, 6) is 1.17. The maximum Gasteiger partial charge on any atom is 0.138 e. The van der Waals surface area contributed by atoms with Crippen LogP contribution < -0.4 is 5.32 Å². The normalized spacial score (nSPS) is 10.9. The summed E-state index contributed by atoms with van der Waals surface area (Å²) in [5, 5.41) is 3.57. The number of hydrogen-bond acceptors (Lipinski definition) is 3. The van der Waals surface area contributed by atoms with Gasteiger partial charge < -0.3 is 5.32 Å². The summed E-state index contributed by atoms with van der Waals surface area (Å²) in [5.41, 5.74) is 1.49. The molecular weight excluding hydrogens is 345 g/mol. The number of rotatable bonds is 3. The zero-order valence-corrected chi connectivity index (χ0v) is 13.7. The number of anilines is 2. The zero-order valence-electron chi connectivity index (χ0n) is 11.3. The number of benzene rings is 1. The lowest BCUT2D eigenvalue weighted by atomic mass is 10.2. The quantitative estimate of drug-likeness (QED) is 0.766. The van der Waals surface area contributed by atoms with Crippen molar-refractivity contribution in [2.24, 2.45) is 0 Å². The van der Waals surface area contributed by atoms with E-state index in [2.05, 4.69) is 31.2 Å². The second-order valence-electron chi connectivity index (χ2n) is 4.75. The van der Waals surface area contributed by atoms with Crippen LogP contribution in [-0.2, 0) is 0 Å². The van der Waals surface area contributed by atoms with Gasteiger partial charge in [0.25, 0.3) is 0 Å². The van der Waals surface area contributed by atoms with Crippen molar-refractivity contribution >= 4 is 39.0 Å². The first kappa shape index (κ1) is 15.2. The molecule has 0 radical (unpaired) electrons. The summed E-state index contributed by atoms with van der Waals surface area (Å²) in [6.45, 7) is 5.84. The summed E-state index contributed by atoms with van der Waals surface area (Å²) >= 11 is 9.28. The summed E-state index contributed by atoms with van der Waals surface area (Å²) in [6, 6.07) is 4.68. The standard InChI is InChI=1S/C14H14BrClFN3/c1-7(2)13-19-12(16)8(3)14(20-13)18-9-4-5-11(17)10(15)6-9/h4-7H,1-3H3,(H,18,19,20). The van der Waals surface area contributed by atoms with Gasteiger partial charge in [0, 0.05) is 17.2 Å². The highest BCUT2D eigenvalue weighted by Crippen LogP contribution is 2.27. The Morgan fingerprint density at radius 2 is 2.00 bits per heavy atom. The first-order chi connectivity index (χ1) is 9.38. The topological polar surface area (TPSA) is 37.8 Å². The molecule has 0 unspecified atom stereocenters. The molecule has 1 aromatic heterocycles. The first-order valence-corrected chi connectivity index (χ1v) is 7.31. The van der Waals surface area contributed by atoms with Crippen molar-refractivity contribution in [1.29, 1.82) is 0 Å². The van der Waals surface area contributed by atoms with Gasteiger partial charge >= 0.3 is 0 Å². The van der Waals surface area contributed by atoms with Crippen molar-refractivity contribution in [3.05, 3.63) is 45.0 Å². The van der Waals surface area contributed by atoms with Crippen molar-refractivity contribution in [1.82, 2.24) is 9.97 Å². The lowest BCUT2D eigenvalue weighted by Crippen LogP contribution is -2.05. The molecule has 0 fully saturated rings. The van der Waals surface area contributed by atoms with Crippen LogP contribution in [0.15, 0.2) is 22.7 Å². The van der Waals surface area contributed by atoms with Gasteiger partial charge in [0.15, 0.2) is 0 Å². The van der Waals surface area contributed by atoms with Crippen LogP contribution in [0, 0.1) is 12.7 Å². The zero-order chi connectivity index (χ0) is 14.9. The van der Waals surface area contributed by atoms with Crippen LogP contribution in [0.3, 0.4) is 0 Å². The third-order valence-electron chi connectivity index (χ3n) is 2.80. The van der Waals surface area contributed by atoms with E-state index in [1.165, 1.54) is 6.07 Å². The fraction of sp³-hybridized carbons (Fsp3) is 0.286. The van der Waals surface area contributed by atoms with Crippen molar-refractivity contribution in [3.8, 4) is 0 Å². The van der Waals surface area contributed by atoms with Crippen LogP contribution >= 0.6 is 27.5 Å². The molecule has 3 nitrogen and oxygen atoms in total. The van der Waals surface area contributed by atoms with Crippen LogP contribution in [0.1, 0.15) is 31.2 Å². The minimum Gasteiger partial charge on any atom is -0.340 e. The lowest BCUT2D eigenvalue weighted by molar-refractivity contribution is 0.621. The average Bonchev–Trinajstić information content (AvgIpc) is 2.38. The summed E-state index contributed by atoms with van der Waals surface area (Å²) in [7, 11) is 0. The Balaban J connectivity index is 2.39.